The summed E-state index contributed by atoms with van der Waals surface area (Å²) in [5.41, 5.74) is 0.815. The first-order valence-corrected chi connectivity index (χ1v) is 4.76. The van der Waals surface area contributed by atoms with Crippen LogP contribution in [0.1, 0.15) is 19.4 Å². The Morgan fingerprint density at radius 2 is 1.93 bits per heavy atom. The number of carbonyl (C=O) groups is 1. The van der Waals surface area contributed by atoms with E-state index in [4.69, 9.17) is 9.84 Å². The van der Waals surface area contributed by atoms with Crippen molar-refractivity contribution in [3.05, 3.63) is 41.7 Å². The van der Waals surface area contributed by atoms with Crippen molar-refractivity contribution in [2.75, 3.05) is 0 Å². The quantitative estimate of drug-likeness (QED) is 0.608. The van der Waals surface area contributed by atoms with E-state index in [1.54, 1.807) is 13.8 Å². The molecule has 80 valence electrons. The third-order valence-corrected chi connectivity index (χ3v) is 1.67. The molecule has 0 radical (unpaired) electrons. The lowest BCUT2D eigenvalue weighted by Gasteiger charge is -2.09. The summed E-state index contributed by atoms with van der Waals surface area (Å²) in [6, 6.07) is 9.22. The third kappa shape index (κ3) is 3.85. The number of carboxylic acids is 1. The lowest BCUT2D eigenvalue weighted by Crippen LogP contribution is -2.10. The average molecular weight is 206 g/mol. The van der Waals surface area contributed by atoms with E-state index in [1.165, 1.54) is 6.08 Å². The van der Waals surface area contributed by atoms with Crippen LogP contribution in [0.2, 0.25) is 0 Å². The molecule has 0 fully saturated rings. The molecule has 1 rings (SSSR count). The largest absolute Gasteiger partial charge is 0.484 e. The minimum absolute atomic E-state index is 0.0313. The maximum absolute atomic E-state index is 10.8. The Labute approximate surface area is 89.0 Å². The molecule has 1 aromatic carbocycles. The van der Waals surface area contributed by atoms with E-state index in [1.807, 2.05) is 30.3 Å². The fourth-order valence-corrected chi connectivity index (χ4v) is 1.10. The first-order chi connectivity index (χ1) is 7.09. The van der Waals surface area contributed by atoms with Crippen LogP contribution in [0, 0.1) is 0 Å². The van der Waals surface area contributed by atoms with Crippen LogP contribution in [0.3, 0.4) is 0 Å². The van der Waals surface area contributed by atoms with Gasteiger partial charge in [-0.15, -0.1) is 0 Å². The molecule has 0 amide bonds. The first kappa shape index (κ1) is 11.3. The summed E-state index contributed by atoms with van der Waals surface area (Å²) in [5.74, 6) is -1.08. The first-order valence-electron chi connectivity index (χ1n) is 4.76. The minimum atomic E-state index is -1.05. The van der Waals surface area contributed by atoms with E-state index in [0.717, 1.165) is 5.56 Å². The molecule has 15 heavy (non-hydrogen) atoms. The summed E-state index contributed by atoms with van der Waals surface area (Å²) in [7, 11) is 0. The molecule has 1 N–H and O–H groups in total. The maximum atomic E-state index is 10.8. The van der Waals surface area contributed by atoms with Crippen LogP contribution in [0.5, 0.6) is 0 Å². The van der Waals surface area contributed by atoms with Crippen LogP contribution in [0.15, 0.2) is 36.1 Å². The highest BCUT2D eigenvalue weighted by atomic mass is 16.5. The van der Waals surface area contributed by atoms with Gasteiger partial charge in [-0.05, 0) is 25.5 Å². The molecule has 0 spiro atoms. The van der Waals surface area contributed by atoms with E-state index in [0.29, 0.717) is 0 Å². The van der Waals surface area contributed by atoms with Crippen molar-refractivity contribution in [3.63, 3.8) is 0 Å². The minimum Gasteiger partial charge on any atom is -0.484 e. The van der Waals surface area contributed by atoms with E-state index >= 15 is 0 Å². The second-order valence-electron chi connectivity index (χ2n) is 3.39. The van der Waals surface area contributed by atoms with Gasteiger partial charge in [-0.2, -0.15) is 0 Å². The Bertz CT molecular complexity index is 352. The summed E-state index contributed by atoms with van der Waals surface area (Å²) in [4.78, 5) is 10.8. The van der Waals surface area contributed by atoms with Crippen LogP contribution >= 0.6 is 0 Å². The zero-order valence-corrected chi connectivity index (χ0v) is 8.81. The van der Waals surface area contributed by atoms with Gasteiger partial charge in [0, 0.05) is 0 Å². The molecule has 0 unspecified atom stereocenters. The number of ether oxygens (including phenoxy) is 1. The van der Waals surface area contributed by atoms with E-state index in [2.05, 4.69) is 0 Å². The van der Waals surface area contributed by atoms with Gasteiger partial charge < -0.3 is 9.84 Å². The molecule has 0 bridgehead atoms. The molecule has 3 nitrogen and oxygen atoms in total. The Morgan fingerprint density at radius 3 is 2.40 bits per heavy atom. The highest BCUT2D eigenvalue weighted by molar-refractivity contribution is 5.89. The van der Waals surface area contributed by atoms with E-state index in [9.17, 15) is 4.79 Å². The van der Waals surface area contributed by atoms with Gasteiger partial charge in [-0.25, -0.2) is 4.79 Å². The molecule has 0 aliphatic heterocycles. The van der Waals surface area contributed by atoms with Crippen LogP contribution in [0.25, 0.3) is 6.08 Å². The second kappa shape index (κ2) is 5.20. The standard InChI is InChI=1S/C12H14O3/c1-9(2)15-11(12(13)14)8-10-6-4-3-5-7-10/h3-9H,1-2H3,(H,13,14). The van der Waals surface area contributed by atoms with Gasteiger partial charge in [0.2, 0.25) is 5.76 Å². The summed E-state index contributed by atoms with van der Waals surface area (Å²) in [6.45, 7) is 3.59. The highest BCUT2D eigenvalue weighted by Gasteiger charge is 2.10. The van der Waals surface area contributed by atoms with Gasteiger partial charge in [0.1, 0.15) is 0 Å². The monoisotopic (exact) mass is 206 g/mol. The fraction of sp³-hybridized carbons (Fsp3) is 0.250. The summed E-state index contributed by atoms with van der Waals surface area (Å²) < 4.78 is 5.18. The molecular formula is C12H14O3. The number of carboxylic acid groups (broad SMARTS) is 1. The van der Waals surface area contributed by atoms with Crippen LogP contribution in [-0.4, -0.2) is 17.2 Å². The molecule has 1 aromatic rings. The highest BCUT2D eigenvalue weighted by Crippen LogP contribution is 2.10. The number of hydrogen-bond acceptors (Lipinski definition) is 2. The van der Waals surface area contributed by atoms with Crippen molar-refractivity contribution in [1.29, 1.82) is 0 Å². The van der Waals surface area contributed by atoms with Crippen LogP contribution < -0.4 is 0 Å². The van der Waals surface area contributed by atoms with Crippen molar-refractivity contribution < 1.29 is 14.6 Å². The van der Waals surface area contributed by atoms with Gasteiger partial charge in [0.25, 0.3) is 0 Å². The van der Waals surface area contributed by atoms with Crippen molar-refractivity contribution >= 4 is 12.0 Å². The molecule has 0 aliphatic carbocycles. The fourth-order valence-electron chi connectivity index (χ4n) is 1.10. The SMILES string of the molecule is CC(C)OC(=Cc1ccccc1)C(=O)O. The molecule has 0 aliphatic rings. The van der Waals surface area contributed by atoms with Gasteiger partial charge in [-0.3, -0.25) is 0 Å². The number of aliphatic carboxylic acids is 1. The lowest BCUT2D eigenvalue weighted by atomic mass is 10.2. The molecule has 0 atom stereocenters. The molecule has 0 saturated carbocycles. The van der Waals surface area contributed by atoms with Gasteiger partial charge in [-0.1, -0.05) is 30.3 Å². The van der Waals surface area contributed by atoms with Gasteiger partial charge >= 0.3 is 5.97 Å². The molecule has 0 aromatic heterocycles. The summed E-state index contributed by atoms with van der Waals surface area (Å²) in [5, 5.41) is 8.89. The van der Waals surface area contributed by atoms with Crippen LogP contribution in [0.4, 0.5) is 0 Å². The Morgan fingerprint density at radius 1 is 1.33 bits per heavy atom. The molecule has 0 heterocycles. The maximum Gasteiger partial charge on any atom is 0.371 e. The molecule has 0 saturated heterocycles. The zero-order valence-electron chi connectivity index (χ0n) is 8.81. The van der Waals surface area contributed by atoms with Gasteiger partial charge in [0.15, 0.2) is 0 Å². The topological polar surface area (TPSA) is 46.5 Å². The van der Waals surface area contributed by atoms with Gasteiger partial charge in [0.05, 0.1) is 6.10 Å². The Hall–Kier alpha value is -1.77. The van der Waals surface area contributed by atoms with Crippen molar-refractivity contribution in [1.82, 2.24) is 0 Å². The molecular weight excluding hydrogens is 192 g/mol. The van der Waals surface area contributed by atoms with Crippen molar-refractivity contribution in [2.45, 2.75) is 20.0 Å². The zero-order chi connectivity index (χ0) is 11.3. The lowest BCUT2D eigenvalue weighted by molar-refractivity contribution is -0.137. The Balaban J connectivity index is 2.89. The summed E-state index contributed by atoms with van der Waals surface area (Å²) in [6.07, 6.45) is 1.37. The normalized spacial score (nSPS) is 11.5. The van der Waals surface area contributed by atoms with Crippen molar-refractivity contribution in [2.24, 2.45) is 0 Å². The molecule has 3 heteroatoms. The average Bonchev–Trinajstić information content (AvgIpc) is 2.17. The third-order valence-electron chi connectivity index (χ3n) is 1.67. The second-order valence-corrected chi connectivity index (χ2v) is 3.39. The van der Waals surface area contributed by atoms with Crippen LogP contribution in [-0.2, 0) is 9.53 Å². The smallest absolute Gasteiger partial charge is 0.371 e. The number of hydrogen-bond donors (Lipinski definition) is 1. The summed E-state index contributed by atoms with van der Waals surface area (Å²) >= 11 is 0. The van der Waals surface area contributed by atoms with E-state index in [-0.39, 0.29) is 11.9 Å². The predicted octanol–water partition coefficient (Wildman–Crippen LogP) is 2.54. The van der Waals surface area contributed by atoms with Crippen molar-refractivity contribution in [3.8, 4) is 0 Å². The number of rotatable bonds is 4. The Kier molecular flexibility index (Phi) is 3.92. The van der Waals surface area contributed by atoms with E-state index < -0.39 is 5.97 Å². The number of benzene rings is 1. The predicted molar refractivity (Wildman–Crippen MR) is 58.3 cm³/mol.